The molecular formula is C24H29N5O2S. The fourth-order valence-corrected chi connectivity index (χ4v) is 3.87. The molecule has 2 aromatic carbocycles. The first kappa shape index (κ1) is 23.5. The van der Waals surface area contributed by atoms with Crippen LogP contribution < -0.4 is 10.6 Å². The Morgan fingerprint density at radius 3 is 2.31 bits per heavy atom. The molecule has 1 aromatic heterocycles. The van der Waals surface area contributed by atoms with Crippen molar-refractivity contribution in [2.24, 2.45) is 0 Å². The molecule has 0 aliphatic rings. The second kappa shape index (κ2) is 10.5. The van der Waals surface area contributed by atoms with Gasteiger partial charge in [-0.1, -0.05) is 87.1 Å². The van der Waals surface area contributed by atoms with Gasteiger partial charge >= 0.3 is 6.03 Å². The third-order valence-corrected chi connectivity index (χ3v) is 5.80. The van der Waals surface area contributed by atoms with Crippen LogP contribution >= 0.6 is 11.8 Å². The van der Waals surface area contributed by atoms with E-state index < -0.39 is 6.03 Å². The van der Waals surface area contributed by atoms with Crippen LogP contribution in [-0.4, -0.2) is 39.0 Å². The number of rotatable bonds is 7. The zero-order valence-corrected chi connectivity index (χ0v) is 19.7. The van der Waals surface area contributed by atoms with Crippen LogP contribution in [0.4, 0.5) is 4.79 Å². The molecule has 2 N–H and O–H groups in total. The lowest BCUT2D eigenvalue weighted by Gasteiger charge is -2.19. The predicted octanol–water partition coefficient (Wildman–Crippen LogP) is 4.23. The van der Waals surface area contributed by atoms with E-state index in [2.05, 4.69) is 65.9 Å². The number of hydrogen-bond acceptors (Lipinski definition) is 5. The fraction of sp³-hybridized carbons (Fsp3) is 0.333. The normalized spacial score (nSPS) is 11.2. The molecule has 0 bridgehead atoms. The summed E-state index contributed by atoms with van der Waals surface area (Å²) in [7, 11) is 0. The lowest BCUT2D eigenvalue weighted by Crippen LogP contribution is -2.40. The average Bonchev–Trinajstić information content (AvgIpc) is 3.15. The maximum Gasteiger partial charge on any atom is 0.321 e. The van der Waals surface area contributed by atoms with E-state index >= 15 is 0 Å². The van der Waals surface area contributed by atoms with E-state index in [1.54, 1.807) is 6.92 Å². The van der Waals surface area contributed by atoms with Crippen molar-refractivity contribution in [1.82, 2.24) is 25.4 Å². The highest BCUT2D eigenvalue weighted by Crippen LogP contribution is 2.28. The molecule has 3 aromatic rings. The number of amides is 3. The van der Waals surface area contributed by atoms with Gasteiger partial charge in [-0.3, -0.25) is 14.7 Å². The molecule has 32 heavy (non-hydrogen) atoms. The van der Waals surface area contributed by atoms with E-state index in [9.17, 15) is 9.59 Å². The smallest absolute Gasteiger partial charge is 0.321 e. The fourth-order valence-electron chi connectivity index (χ4n) is 3.13. The molecule has 3 rings (SSSR count). The summed E-state index contributed by atoms with van der Waals surface area (Å²) in [6.07, 6.45) is 0. The molecule has 0 fully saturated rings. The SMILES string of the molecule is CCNC(=O)NC(=O)CSc1nnc(-c2ccc(C(C)(C)C)cc2)n1Cc1ccccc1. The van der Waals surface area contributed by atoms with Crippen LogP contribution in [0.25, 0.3) is 11.4 Å². The zero-order chi connectivity index (χ0) is 23.1. The van der Waals surface area contributed by atoms with Crippen LogP contribution in [0.3, 0.4) is 0 Å². The first-order chi connectivity index (χ1) is 15.3. The molecule has 1 heterocycles. The van der Waals surface area contributed by atoms with Crippen molar-refractivity contribution in [3.63, 3.8) is 0 Å². The van der Waals surface area contributed by atoms with Crippen LogP contribution in [0.5, 0.6) is 0 Å². The summed E-state index contributed by atoms with van der Waals surface area (Å²) in [6.45, 7) is 9.36. The third-order valence-electron chi connectivity index (χ3n) is 4.83. The highest BCUT2D eigenvalue weighted by Gasteiger charge is 2.18. The lowest BCUT2D eigenvalue weighted by atomic mass is 9.87. The van der Waals surface area contributed by atoms with Gasteiger partial charge in [0.15, 0.2) is 11.0 Å². The van der Waals surface area contributed by atoms with Crippen LogP contribution in [-0.2, 0) is 16.8 Å². The second-order valence-electron chi connectivity index (χ2n) is 8.40. The lowest BCUT2D eigenvalue weighted by molar-refractivity contribution is -0.117. The molecule has 0 aliphatic carbocycles. The average molecular weight is 452 g/mol. The number of nitrogens with one attached hydrogen (secondary N) is 2. The van der Waals surface area contributed by atoms with Crippen molar-refractivity contribution in [3.05, 3.63) is 65.7 Å². The number of carbonyl (C=O) groups excluding carboxylic acids is 2. The summed E-state index contributed by atoms with van der Waals surface area (Å²) in [5.74, 6) is 0.416. The Morgan fingerprint density at radius 2 is 1.69 bits per heavy atom. The van der Waals surface area contributed by atoms with Gasteiger partial charge < -0.3 is 5.32 Å². The molecule has 8 heteroatoms. The summed E-state index contributed by atoms with van der Waals surface area (Å²) in [5, 5.41) is 14.2. The van der Waals surface area contributed by atoms with Gasteiger partial charge in [0.1, 0.15) is 0 Å². The van der Waals surface area contributed by atoms with E-state index in [1.165, 1.54) is 17.3 Å². The van der Waals surface area contributed by atoms with Crippen LogP contribution in [0.15, 0.2) is 59.8 Å². The number of urea groups is 1. The zero-order valence-electron chi connectivity index (χ0n) is 18.9. The molecule has 0 saturated heterocycles. The van der Waals surface area contributed by atoms with Gasteiger partial charge in [0.2, 0.25) is 5.91 Å². The van der Waals surface area contributed by atoms with Gasteiger partial charge in [-0.25, -0.2) is 4.79 Å². The maximum absolute atomic E-state index is 12.1. The summed E-state index contributed by atoms with van der Waals surface area (Å²) < 4.78 is 2.01. The van der Waals surface area contributed by atoms with Crippen LogP contribution in [0.1, 0.15) is 38.8 Å². The van der Waals surface area contributed by atoms with Crippen molar-refractivity contribution < 1.29 is 9.59 Å². The quantitative estimate of drug-likeness (QED) is 0.525. The van der Waals surface area contributed by atoms with Crippen molar-refractivity contribution in [2.75, 3.05) is 12.3 Å². The minimum atomic E-state index is -0.497. The predicted molar refractivity (Wildman–Crippen MR) is 128 cm³/mol. The van der Waals surface area contributed by atoms with E-state index in [-0.39, 0.29) is 17.1 Å². The van der Waals surface area contributed by atoms with Crippen molar-refractivity contribution in [1.29, 1.82) is 0 Å². The molecule has 7 nitrogen and oxygen atoms in total. The summed E-state index contributed by atoms with van der Waals surface area (Å²) >= 11 is 1.25. The number of thioether (sulfide) groups is 1. The van der Waals surface area contributed by atoms with E-state index in [4.69, 9.17) is 0 Å². The Bertz CT molecular complexity index is 1060. The Kier molecular flexibility index (Phi) is 7.69. The molecule has 0 radical (unpaired) electrons. The minimum absolute atomic E-state index is 0.0625. The Morgan fingerprint density at radius 1 is 1.00 bits per heavy atom. The highest BCUT2D eigenvalue weighted by atomic mass is 32.2. The van der Waals surface area contributed by atoms with Crippen molar-refractivity contribution in [2.45, 2.75) is 44.8 Å². The molecular weight excluding hydrogens is 422 g/mol. The molecule has 168 valence electrons. The molecule has 0 aliphatic heterocycles. The summed E-state index contributed by atoms with van der Waals surface area (Å²) in [5.41, 5.74) is 3.37. The first-order valence-electron chi connectivity index (χ1n) is 10.6. The van der Waals surface area contributed by atoms with Crippen LogP contribution in [0.2, 0.25) is 0 Å². The maximum atomic E-state index is 12.1. The Labute approximate surface area is 193 Å². The highest BCUT2D eigenvalue weighted by molar-refractivity contribution is 7.99. The van der Waals surface area contributed by atoms with Gasteiger partial charge in [-0.15, -0.1) is 10.2 Å². The van der Waals surface area contributed by atoms with Gasteiger partial charge in [0, 0.05) is 12.1 Å². The largest absolute Gasteiger partial charge is 0.338 e. The van der Waals surface area contributed by atoms with Gasteiger partial charge in [-0.05, 0) is 23.5 Å². The third kappa shape index (κ3) is 6.20. The van der Waals surface area contributed by atoms with Gasteiger partial charge in [-0.2, -0.15) is 0 Å². The summed E-state index contributed by atoms with van der Waals surface area (Å²) in [6, 6.07) is 17.9. The molecule has 3 amide bonds. The van der Waals surface area contributed by atoms with E-state index in [0.717, 1.165) is 17.0 Å². The first-order valence-corrected chi connectivity index (χ1v) is 11.5. The number of nitrogens with zero attached hydrogens (tertiary/aromatic N) is 3. The Hall–Kier alpha value is -3.13. The van der Waals surface area contributed by atoms with Crippen molar-refractivity contribution in [3.8, 4) is 11.4 Å². The van der Waals surface area contributed by atoms with Crippen molar-refractivity contribution >= 4 is 23.7 Å². The number of aromatic nitrogens is 3. The molecule has 0 spiro atoms. The van der Waals surface area contributed by atoms with E-state index in [1.807, 2.05) is 34.9 Å². The summed E-state index contributed by atoms with van der Waals surface area (Å²) in [4.78, 5) is 23.7. The monoisotopic (exact) mass is 451 g/mol. The number of imide groups is 1. The van der Waals surface area contributed by atoms with Gasteiger partial charge in [0.25, 0.3) is 0 Å². The number of hydrogen-bond donors (Lipinski definition) is 2. The number of carbonyl (C=O) groups is 2. The topological polar surface area (TPSA) is 88.9 Å². The molecule has 0 atom stereocenters. The second-order valence-corrected chi connectivity index (χ2v) is 9.34. The molecule has 0 unspecified atom stereocenters. The number of benzene rings is 2. The molecule has 0 saturated carbocycles. The minimum Gasteiger partial charge on any atom is -0.338 e. The Balaban J connectivity index is 1.85. The van der Waals surface area contributed by atoms with Gasteiger partial charge in [0.05, 0.1) is 12.3 Å². The van der Waals surface area contributed by atoms with E-state index in [0.29, 0.717) is 18.2 Å². The standard InChI is InChI=1S/C24H29N5O2S/c1-5-25-22(31)26-20(30)16-32-23-28-27-21(29(23)15-17-9-7-6-8-10-17)18-11-13-19(14-12-18)24(2,3)4/h6-14H,5,15-16H2,1-4H3,(H2,25,26,30,31). The van der Waals surface area contributed by atoms with Crippen LogP contribution in [0, 0.1) is 0 Å².